The number of nitrogens with zero attached hydrogens (tertiary/aromatic N) is 1. The minimum atomic E-state index is -0.0794. The third-order valence-corrected chi connectivity index (χ3v) is 5.48. The second kappa shape index (κ2) is 7.21. The number of nitrogens with one attached hydrogen (secondary N) is 1. The summed E-state index contributed by atoms with van der Waals surface area (Å²) in [4.78, 5) is 20.0. The molecule has 27 heavy (non-hydrogen) atoms. The van der Waals surface area contributed by atoms with E-state index in [1.807, 2.05) is 50.2 Å². The summed E-state index contributed by atoms with van der Waals surface area (Å²) in [6, 6.07) is 11.8. The van der Waals surface area contributed by atoms with Crippen molar-refractivity contribution in [1.82, 2.24) is 4.98 Å². The lowest BCUT2D eigenvalue weighted by molar-refractivity contribution is 0.415. The van der Waals surface area contributed by atoms with Gasteiger partial charge in [0.2, 0.25) is 0 Å². The topological polar surface area (TPSA) is 80.5 Å². The summed E-state index contributed by atoms with van der Waals surface area (Å²) in [5, 5.41) is 2.96. The third kappa shape index (κ3) is 3.26. The van der Waals surface area contributed by atoms with Gasteiger partial charge in [-0.15, -0.1) is 23.7 Å². The molecule has 0 saturated carbocycles. The molecule has 0 saturated heterocycles. The van der Waals surface area contributed by atoms with Crippen LogP contribution in [0.2, 0.25) is 0 Å². The summed E-state index contributed by atoms with van der Waals surface area (Å²) in [7, 11) is 1.64. The van der Waals surface area contributed by atoms with E-state index in [9.17, 15) is 4.79 Å². The Morgan fingerprint density at radius 2 is 1.96 bits per heavy atom. The largest absolute Gasteiger partial charge is 0.497 e. The van der Waals surface area contributed by atoms with Gasteiger partial charge in [0, 0.05) is 38.0 Å². The predicted octanol–water partition coefficient (Wildman–Crippen LogP) is 4.44. The molecule has 2 aromatic heterocycles. The molecule has 0 bridgehead atoms. The third-order valence-electron chi connectivity index (χ3n) is 4.33. The lowest BCUT2D eigenvalue weighted by atomic mass is 10.0. The minimum absolute atomic E-state index is 0. The number of aromatic nitrogens is 1. The number of benzene rings is 2. The van der Waals surface area contributed by atoms with Gasteiger partial charge < -0.3 is 15.5 Å². The number of hydrogen-bond acceptors (Lipinski definition) is 4. The van der Waals surface area contributed by atoms with Gasteiger partial charge in [-0.3, -0.25) is 9.79 Å². The summed E-state index contributed by atoms with van der Waals surface area (Å²) in [6.45, 7) is 3.98. The van der Waals surface area contributed by atoms with Gasteiger partial charge in [0.05, 0.1) is 7.11 Å². The molecule has 4 aromatic rings. The van der Waals surface area contributed by atoms with E-state index in [1.165, 1.54) is 11.3 Å². The van der Waals surface area contributed by atoms with Gasteiger partial charge >= 0.3 is 0 Å². The Morgan fingerprint density at radius 3 is 2.67 bits per heavy atom. The SMILES string of the molecule is COc1ccc2c(c1)sc1c(=O)[nH]c3ccc(C(N)=NC(C)C)cc3c12.Cl. The Morgan fingerprint density at radius 1 is 1.19 bits per heavy atom. The quantitative estimate of drug-likeness (QED) is 0.393. The highest BCUT2D eigenvalue weighted by molar-refractivity contribution is 7.26. The Kier molecular flexibility index (Phi) is 5.13. The fourth-order valence-electron chi connectivity index (χ4n) is 3.18. The van der Waals surface area contributed by atoms with Crippen LogP contribution in [0.3, 0.4) is 0 Å². The fraction of sp³-hybridized carbons (Fsp3) is 0.200. The number of ether oxygens (including phenoxy) is 1. The molecular weight excluding hydrogens is 382 g/mol. The molecule has 0 aliphatic carbocycles. The van der Waals surface area contributed by atoms with Crippen LogP contribution in [0.4, 0.5) is 0 Å². The van der Waals surface area contributed by atoms with Gasteiger partial charge in [0.25, 0.3) is 5.56 Å². The van der Waals surface area contributed by atoms with Crippen LogP contribution in [0.15, 0.2) is 46.2 Å². The number of aliphatic imine (C=N–C) groups is 1. The highest BCUT2D eigenvalue weighted by Gasteiger charge is 2.14. The van der Waals surface area contributed by atoms with Crippen LogP contribution in [0.5, 0.6) is 5.75 Å². The van der Waals surface area contributed by atoms with E-state index in [-0.39, 0.29) is 24.0 Å². The van der Waals surface area contributed by atoms with Gasteiger partial charge in [-0.2, -0.15) is 0 Å². The first kappa shape index (κ1) is 19.2. The monoisotopic (exact) mass is 401 g/mol. The Balaban J connectivity index is 0.00000210. The van der Waals surface area contributed by atoms with Crippen LogP contribution in [-0.4, -0.2) is 24.0 Å². The summed E-state index contributed by atoms with van der Waals surface area (Å²) < 4.78 is 7.04. The van der Waals surface area contributed by atoms with Crippen molar-refractivity contribution in [2.24, 2.45) is 10.7 Å². The van der Waals surface area contributed by atoms with E-state index in [2.05, 4.69) is 9.98 Å². The first-order chi connectivity index (χ1) is 12.5. The number of fused-ring (bicyclic) bond motifs is 5. The molecule has 0 aliphatic rings. The van der Waals surface area contributed by atoms with E-state index < -0.39 is 0 Å². The molecule has 7 heteroatoms. The van der Waals surface area contributed by atoms with Crippen molar-refractivity contribution in [2.45, 2.75) is 19.9 Å². The van der Waals surface area contributed by atoms with E-state index in [0.29, 0.717) is 10.5 Å². The molecule has 3 N–H and O–H groups in total. The predicted molar refractivity (Wildman–Crippen MR) is 117 cm³/mol. The van der Waals surface area contributed by atoms with Crippen molar-refractivity contribution in [1.29, 1.82) is 0 Å². The van der Waals surface area contributed by atoms with Crippen LogP contribution in [-0.2, 0) is 0 Å². The van der Waals surface area contributed by atoms with Gasteiger partial charge in [0.1, 0.15) is 16.3 Å². The van der Waals surface area contributed by atoms with Crippen molar-refractivity contribution in [3.63, 3.8) is 0 Å². The molecule has 0 radical (unpaired) electrons. The van der Waals surface area contributed by atoms with Crippen molar-refractivity contribution in [3.05, 3.63) is 52.3 Å². The molecule has 0 atom stereocenters. The van der Waals surface area contributed by atoms with E-state index in [0.717, 1.165) is 37.7 Å². The number of rotatable bonds is 3. The number of thiophene rings is 1. The first-order valence-electron chi connectivity index (χ1n) is 8.38. The van der Waals surface area contributed by atoms with Crippen molar-refractivity contribution in [3.8, 4) is 5.75 Å². The second-order valence-corrected chi connectivity index (χ2v) is 7.54. The van der Waals surface area contributed by atoms with Gasteiger partial charge in [-0.1, -0.05) is 0 Å². The van der Waals surface area contributed by atoms with Crippen LogP contribution in [0, 0.1) is 0 Å². The highest BCUT2D eigenvalue weighted by atomic mass is 35.5. The molecule has 0 unspecified atom stereocenters. The first-order valence-corrected chi connectivity index (χ1v) is 9.19. The van der Waals surface area contributed by atoms with Crippen molar-refractivity contribution in [2.75, 3.05) is 7.11 Å². The lowest BCUT2D eigenvalue weighted by Gasteiger charge is -2.07. The highest BCUT2D eigenvalue weighted by Crippen LogP contribution is 2.37. The molecule has 0 spiro atoms. The molecule has 0 fully saturated rings. The number of halogens is 1. The Labute approximate surface area is 166 Å². The molecule has 2 aromatic carbocycles. The number of nitrogens with two attached hydrogens (primary N) is 1. The van der Waals surface area contributed by atoms with Crippen LogP contribution in [0.25, 0.3) is 31.1 Å². The molecule has 5 nitrogen and oxygen atoms in total. The second-order valence-electron chi connectivity index (χ2n) is 6.49. The Hall–Kier alpha value is -2.57. The normalized spacial score (nSPS) is 12.1. The van der Waals surface area contributed by atoms with E-state index >= 15 is 0 Å². The summed E-state index contributed by atoms with van der Waals surface area (Å²) in [6.07, 6.45) is 0. The zero-order valence-corrected chi connectivity index (χ0v) is 16.8. The number of hydrogen-bond donors (Lipinski definition) is 2. The number of pyridine rings is 1. The maximum Gasteiger partial charge on any atom is 0.266 e. The zero-order chi connectivity index (χ0) is 18.4. The van der Waals surface area contributed by atoms with Crippen LogP contribution < -0.4 is 16.0 Å². The van der Waals surface area contributed by atoms with Crippen molar-refractivity contribution < 1.29 is 4.74 Å². The molecule has 140 valence electrons. The molecule has 0 amide bonds. The minimum Gasteiger partial charge on any atom is -0.497 e. The van der Waals surface area contributed by atoms with E-state index in [4.69, 9.17) is 10.5 Å². The maximum absolute atomic E-state index is 12.6. The van der Waals surface area contributed by atoms with E-state index in [1.54, 1.807) is 7.11 Å². The number of H-pyrrole nitrogens is 1. The molecule has 4 rings (SSSR count). The van der Waals surface area contributed by atoms with Gasteiger partial charge in [0.15, 0.2) is 0 Å². The smallest absolute Gasteiger partial charge is 0.266 e. The number of amidine groups is 1. The molecule has 2 heterocycles. The maximum atomic E-state index is 12.6. The van der Waals surface area contributed by atoms with Gasteiger partial charge in [-0.25, -0.2) is 0 Å². The van der Waals surface area contributed by atoms with Crippen LogP contribution >= 0.6 is 23.7 Å². The summed E-state index contributed by atoms with van der Waals surface area (Å²) in [5.74, 6) is 1.28. The number of methoxy groups -OCH3 is 1. The number of aromatic amines is 1. The zero-order valence-electron chi connectivity index (χ0n) is 15.2. The van der Waals surface area contributed by atoms with Gasteiger partial charge in [-0.05, 0) is 50.2 Å². The standard InChI is InChI=1S/C20H19N3O2S.ClH/c1-10(2)22-19(21)11-4-7-15-14(8-11)17-13-6-5-12(25-3)9-16(13)26-18(17)20(24)23-15;/h4-10H,1-3H3,(H2,21,22)(H,23,24);1H. The Bertz CT molecular complexity index is 1240. The fourth-order valence-corrected chi connectivity index (χ4v) is 4.32. The lowest BCUT2D eigenvalue weighted by Crippen LogP contribution is -2.16. The summed E-state index contributed by atoms with van der Waals surface area (Å²) in [5.41, 5.74) is 7.72. The molecule has 0 aliphatic heterocycles. The average molecular weight is 402 g/mol. The van der Waals surface area contributed by atoms with Crippen LogP contribution in [0.1, 0.15) is 19.4 Å². The summed E-state index contributed by atoms with van der Waals surface area (Å²) >= 11 is 1.47. The molecular formula is C20H20ClN3O2S. The van der Waals surface area contributed by atoms with Crippen molar-refractivity contribution >= 4 is 60.7 Å². The average Bonchev–Trinajstić information content (AvgIpc) is 3.00.